The molecule has 0 unspecified atom stereocenters. The average molecular weight is 308 g/mol. The fourth-order valence-electron chi connectivity index (χ4n) is 4.17. The van der Waals surface area contributed by atoms with E-state index in [0.717, 1.165) is 25.7 Å². The third-order valence-electron chi connectivity index (χ3n) is 5.41. The van der Waals surface area contributed by atoms with Crippen molar-refractivity contribution in [1.29, 1.82) is 0 Å². The molecule has 1 heterocycles. The molecule has 3 fully saturated rings. The van der Waals surface area contributed by atoms with Gasteiger partial charge in [-0.1, -0.05) is 38.5 Å². The van der Waals surface area contributed by atoms with E-state index >= 15 is 0 Å². The van der Waals surface area contributed by atoms with Gasteiger partial charge in [0.15, 0.2) is 0 Å². The summed E-state index contributed by atoms with van der Waals surface area (Å²) < 4.78 is 6.27. The van der Waals surface area contributed by atoms with Gasteiger partial charge in [0.25, 0.3) is 5.91 Å². The van der Waals surface area contributed by atoms with Gasteiger partial charge in [0.1, 0.15) is 0 Å². The van der Waals surface area contributed by atoms with Crippen LogP contribution in [0.3, 0.4) is 0 Å². The summed E-state index contributed by atoms with van der Waals surface area (Å²) in [4.78, 5) is 25.1. The van der Waals surface area contributed by atoms with Gasteiger partial charge >= 0.3 is 6.03 Å². The summed E-state index contributed by atoms with van der Waals surface area (Å²) in [5.41, 5.74) is -0.346. The second-order valence-corrected chi connectivity index (χ2v) is 7.37. The second kappa shape index (κ2) is 6.57. The van der Waals surface area contributed by atoms with Gasteiger partial charge < -0.3 is 10.1 Å². The Morgan fingerprint density at radius 3 is 2.14 bits per heavy atom. The molecular weight excluding hydrogens is 280 g/mol. The summed E-state index contributed by atoms with van der Waals surface area (Å²) in [5.74, 6) is -0.103. The summed E-state index contributed by atoms with van der Waals surface area (Å²) in [7, 11) is 0. The minimum absolute atomic E-state index is 0.103. The zero-order valence-electron chi connectivity index (χ0n) is 13.6. The highest BCUT2D eigenvalue weighted by atomic mass is 16.5. The van der Waals surface area contributed by atoms with Gasteiger partial charge in [-0.15, -0.1) is 0 Å². The van der Waals surface area contributed by atoms with Crippen molar-refractivity contribution in [3.63, 3.8) is 0 Å². The number of urea groups is 1. The number of hydrogen-bond donors (Lipinski definition) is 1. The molecule has 0 radical (unpaired) electrons. The van der Waals surface area contributed by atoms with Crippen LogP contribution < -0.4 is 5.32 Å². The van der Waals surface area contributed by atoms with Crippen molar-refractivity contribution < 1.29 is 14.3 Å². The fraction of sp³-hybridized carbons (Fsp3) is 0.882. The SMILES string of the molecule is CC1(N2C(=O)CNC2=O)CC(OC2CCCCCCCC2)C1. The van der Waals surface area contributed by atoms with E-state index in [1.54, 1.807) is 0 Å². The number of nitrogens with one attached hydrogen (secondary N) is 1. The van der Waals surface area contributed by atoms with Gasteiger partial charge in [-0.3, -0.25) is 9.69 Å². The minimum Gasteiger partial charge on any atom is -0.375 e. The van der Waals surface area contributed by atoms with Crippen LogP contribution in [0.25, 0.3) is 0 Å². The molecule has 0 atom stereocenters. The molecule has 22 heavy (non-hydrogen) atoms. The Morgan fingerprint density at radius 1 is 1.00 bits per heavy atom. The van der Waals surface area contributed by atoms with Crippen molar-refractivity contribution in [2.24, 2.45) is 0 Å². The van der Waals surface area contributed by atoms with Crippen LogP contribution in [-0.2, 0) is 9.53 Å². The van der Waals surface area contributed by atoms with Crippen LogP contribution in [0, 0.1) is 0 Å². The smallest absolute Gasteiger partial charge is 0.325 e. The summed E-state index contributed by atoms with van der Waals surface area (Å²) in [6.45, 7) is 2.14. The fourth-order valence-corrected chi connectivity index (χ4v) is 4.17. The van der Waals surface area contributed by atoms with E-state index in [0.29, 0.717) is 6.10 Å². The quantitative estimate of drug-likeness (QED) is 0.815. The number of ether oxygens (including phenoxy) is 1. The van der Waals surface area contributed by atoms with Crippen molar-refractivity contribution in [3.05, 3.63) is 0 Å². The molecule has 1 saturated heterocycles. The van der Waals surface area contributed by atoms with E-state index in [1.165, 1.54) is 43.4 Å². The number of hydrogen-bond acceptors (Lipinski definition) is 3. The number of carbonyl (C=O) groups is 2. The normalized spacial score (nSPS) is 34.6. The third-order valence-corrected chi connectivity index (χ3v) is 5.41. The second-order valence-electron chi connectivity index (χ2n) is 7.37. The van der Waals surface area contributed by atoms with Crippen LogP contribution in [0.15, 0.2) is 0 Å². The molecule has 0 spiro atoms. The van der Waals surface area contributed by atoms with Crippen molar-refractivity contribution in [1.82, 2.24) is 10.2 Å². The first-order valence-electron chi connectivity index (χ1n) is 8.85. The lowest BCUT2D eigenvalue weighted by Gasteiger charge is -2.49. The first-order chi connectivity index (χ1) is 10.6. The molecule has 0 bridgehead atoms. The molecule has 3 aliphatic rings. The third kappa shape index (κ3) is 3.29. The number of imide groups is 1. The molecule has 2 aliphatic carbocycles. The summed E-state index contributed by atoms with van der Waals surface area (Å²) >= 11 is 0. The first kappa shape index (κ1) is 15.8. The van der Waals surface area contributed by atoms with E-state index in [-0.39, 0.29) is 30.1 Å². The Labute approximate surface area is 132 Å². The number of amides is 3. The highest BCUT2D eigenvalue weighted by molar-refractivity contribution is 6.02. The molecule has 1 N–H and O–H groups in total. The monoisotopic (exact) mass is 308 g/mol. The molecule has 0 aromatic carbocycles. The topological polar surface area (TPSA) is 58.6 Å². The van der Waals surface area contributed by atoms with Crippen LogP contribution in [0.4, 0.5) is 4.79 Å². The van der Waals surface area contributed by atoms with Crippen LogP contribution in [0.2, 0.25) is 0 Å². The van der Waals surface area contributed by atoms with Crippen molar-refractivity contribution in [2.45, 2.75) is 88.9 Å². The van der Waals surface area contributed by atoms with Gasteiger partial charge in [-0.05, 0) is 32.6 Å². The Hall–Kier alpha value is -1.10. The first-order valence-corrected chi connectivity index (χ1v) is 8.85. The molecule has 1 aliphatic heterocycles. The summed E-state index contributed by atoms with van der Waals surface area (Å²) in [5, 5.41) is 2.61. The molecule has 2 saturated carbocycles. The molecule has 0 aromatic heterocycles. The van der Waals surface area contributed by atoms with Crippen LogP contribution in [-0.4, -0.2) is 41.1 Å². The molecule has 5 heteroatoms. The maximum atomic E-state index is 11.8. The summed E-state index contributed by atoms with van der Waals surface area (Å²) in [6, 6.07) is -0.242. The lowest BCUT2D eigenvalue weighted by Crippen LogP contribution is -2.60. The molecule has 3 amide bonds. The predicted octanol–water partition coefficient (Wildman–Crippen LogP) is 2.98. The molecule has 124 valence electrons. The molecule has 5 nitrogen and oxygen atoms in total. The van der Waals surface area contributed by atoms with Gasteiger partial charge in [0.05, 0.1) is 24.3 Å². The van der Waals surface area contributed by atoms with Crippen molar-refractivity contribution in [2.75, 3.05) is 6.54 Å². The average Bonchev–Trinajstić information content (AvgIpc) is 2.84. The number of rotatable bonds is 3. The number of nitrogens with zero attached hydrogens (tertiary/aromatic N) is 1. The van der Waals surface area contributed by atoms with Gasteiger partial charge in [0, 0.05) is 0 Å². The molecular formula is C17H28N2O3. The minimum atomic E-state index is -0.346. The van der Waals surface area contributed by atoms with Crippen LogP contribution in [0.1, 0.15) is 71.1 Å². The van der Waals surface area contributed by atoms with Gasteiger partial charge in [-0.2, -0.15) is 0 Å². The Morgan fingerprint density at radius 2 is 1.59 bits per heavy atom. The highest BCUT2D eigenvalue weighted by Gasteiger charge is 2.52. The lowest BCUT2D eigenvalue weighted by molar-refractivity contribution is -0.145. The Bertz CT molecular complexity index is 406. The maximum Gasteiger partial charge on any atom is 0.325 e. The largest absolute Gasteiger partial charge is 0.375 e. The van der Waals surface area contributed by atoms with Crippen molar-refractivity contribution >= 4 is 11.9 Å². The standard InChI is InChI=1S/C17H28N2O3/c1-17(19-15(20)12-18-16(19)21)10-14(11-17)22-13-8-6-4-2-3-5-7-9-13/h13-14H,2-12H2,1H3,(H,18,21). The zero-order chi connectivity index (χ0) is 15.6. The molecule has 3 rings (SSSR count). The summed E-state index contributed by atoms with van der Waals surface area (Å²) in [6.07, 6.45) is 12.4. The van der Waals surface area contributed by atoms with Crippen LogP contribution in [0.5, 0.6) is 0 Å². The van der Waals surface area contributed by atoms with E-state index in [9.17, 15) is 9.59 Å². The van der Waals surface area contributed by atoms with Gasteiger partial charge in [0.2, 0.25) is 0 Å². The Balaban J connectivity index is 1.49. The maximum absolute atomic E-state index is 11.8. The zero-order valence-corrected chi connectivity index (χ0v) is 13.6. The van der Waals surface area contributed by atoms with E-state index in [1.807, 2.05) is 6.92 Å². The van der Waals surface area contributed by atoms with Crippen molar-refractivity contribution in [3.8, 4) is 0 Å². The highest BCUT2D eigenvalue weighted by Crippen LogP contribution is 2.41. The predicted molar refractivity (Wildman–Crippen MR) is 83.5 cm³/mol. The number of carbonyl (C=O) groups excluding carboxylic acids is 2. The van der Waals surface area contributed by atoms with E-state index in [2.05, 4.69) is 5.32 Å². The van der Waals surface area contributed by atoms with E-state index < -0.39 is 0 Å². The van der Waals surface area contributed by atoms with E-state index in [4.69, 9.17) is 4.74 Å². The molecule has 0 aromatic rings. The van der Waals surface area contributed by atoms with Crippen LogP contribution >= 0.6 is 0 Å². The lowest BCUT2D eigenvalue weighted by atomic mass is 9.74. The Kier molecular flexibility index (Phi) is 4.71. The van der Waals surface area contributed by atoms with Gasteiger partial charge in [-0.25, -0.2) is 4.79 Å².